The Balaban J connectivity index is 0.00000128. The van der Waals surface area contributed by atoms with Gasteiger partial charge in [0.2, 0.25) is 0 Å². The van der Waals surface area contributed by atoms with Gasteiger partial charge in [0.15, 0.2) is 5.82 Å². The first-order valence-corrected chi connectivity index (χ1v) is 4.43. The second-order valence-electron chi connectivity index (χ2n) is 3.04. The quantitative estimate of drug-likeness (QED) is 0.768. The first-order chi connectivity index (χ1) is 7.29. The largest absolute Gasteiger partial charge is 0.396 e. The number of hydrogen-bond donors (Lipinski definition) is 1. The van der Waals surface area contributed by atoms with Gasteiger partial charge in [-0.3, -0.25) is 4.68 Å². The van der Waals surface area contributed by atoms with Crippen LogP contribution in [0.2, 0.25) is 0 Å². The van der Waals surface area contributed by atoms with Crippen LogP contribution in [0.25, 0.3) is 0 Å². The summed E-state index contributed by atoms with van der Waals surface area (Å²) in [7, 11) is 0. The summed E-state index contributed by atoms with van der Waals surface area (Å²) in [6.45, 7) is 4.71. The molecule has 0 aromatic carbocycles. The smallest absolute Gasteiger partial charge is 0.173 e. The fourth-order valence-corrected chi connectivity index (χ4v) is 1.21. The molecule has 0 aliphatic heterocycles. The molecule has 2 N–H and O–H groups in total. The van der Waals surface area contributed by atoms with E-state index in [1.165, 1.54) is 0 Å². The summed E-state index contributed by atoms with van der Waals surface area (Å²) in [5.41, 5.74) is 6.17. The van der Waals surface area contributed by atoms with Crippen LogP contribution in [0.1, 0.15) is 5.82 Å². The SMILES string of the molecule is C=CCn1nnnc1Cn1cc(N)cn1.Cl. The van der Waals surface area contributed by atoms with E-state index in [-0.39, 0.29) is 12.4 Å². The molecule has 2 aromatic heterocycles. The molecule has 2 rings (SSSR count). The number of aromatic nitrogens is 6. The van der Waals surface area contributed by atoms with Gasteiger partial charge in [-0.1, -0.05) is 6.08 Å². The zero-order chi connectivity index (χ0) is 10.7. The van der Waals surface area contributed by atoms with Crippen LogP contribution in [0.3, 0.4) is 0 Å². The molecule has 0 unspecified atom stereocenters. The molecule has 86 valence electrons. The highest BCUT2D eigenvalue weighted by Gasteiger charge is 2.05. The van der Waals surface area contributed by atoms with Crippen LogP contribution < -0.4 is 5.73 Å². The second-order valence-corrected chi connectivity index (χ2v) is 3.04. The van der Waals surface area contributed by atoms with E-state index < -0.39 is 0 Å². The van der Waals surface area contributed by atoms with Crippen LogP contribution in [-0.2, 0) is 13.1 Å². The molecule has 7 nitrogen and oxygen atoms in total. The summed E-state index contributed by atoms with van der Waals surface area (Å²) < 4.78 is 3.34. The van der Waals surface area contributed by atoms with Gasteiger partial charge >= 0.3 is 0 Å². The summed E-state index contributed by atoms with van der Waals surface area (Å²) >= 11 is 0. The molecule has 0 saturated carbocycles. The highest BCUT2D eigenvalue weighted by atomic mass is 35.5. The molecule has 2 aromatic rings. The van der Waals surface area contributed by atoms with Gasteiger partial charge in [0, 0.05) is 6.20 Å². The van der Waals surface area contributed by atoms with Crippen molar-refractivity contribution in [3.05, 3.63) is 30.9 Å². The lowest BCUT2D eigenvalue weighted by molar-refractivity contribution is 0.581. The molecule has 0 spiro atoms. The summed E-state index contributed by atoms with van der Waals surface area (Å²) in [5, 5.41) is 15.3. The number of tetrazole rings is 1. The number of nitrogen functional groups attached to an aromatic ring is 1. The predicted molar refractivity (Wildman–Crippen MR) is 61.0 cm³/mol. The number of halogens is 1. The monoisotopic (exact) mass is 241 g/mol. The minimum absolute atomic E-state index is 0. The fraction of sp³-hybridized carbons (Fsp3) is 0.250. The van der Waals surface area contributed by atoms with Crippen molar-refractivity contribution >= 4 is 18.1 Å². The minimum atomic E-state index is 0. The van der Waals surface area contributed by atoms with Crippen molar-refractivity contribution in [1.29, 1.82) is 0 Å². The summed E-state index contributed by atoms with van der Waals surface area (Å²) in [6, 6.07) is 0. The zero-order valence-corrected chi connectivity index (χ0v) is 9.34. The molecule has 16 heavy (non-hydrogen) atoms. The average Bonchev–Trinajstić information content (AvgIpc) is 2.78. The lowest BCUT2D eigenvalue weighted by atomic mass is 10.5. The van der Waals surface area contributed by atoms with Crippen molar-refractivity contribution in [2.24, 2.45) is 0 Å². The standard InChI is InChI=1S/C8H11N7.ClH/c1-2-3-15-8(11-12-13-15)6-14-5-7(9)4-10-14;/h2,4-5H,1,3,6,9H2;1H. The Bertz CT molecular complexity index is 460. The van der Waals surface area contributed by atoms with Crippen LogP contribution in [0, 0.1) is 0 Å². The number of hydrogen-bond acceptors (Lipinski definition) is 5. The molecule has 0 bridgehead atoms. The van der Waals surface area contributed by atoms with Crippen molar-refractivity contribution in [3.8, 4) is 0 Å². The van der Waals surface area contributed by atoms with Crippen LogP contribution in [0.4, 0.5) is 5.69 Å². The van der Waals surface area contributed by atoms with E-state index in [2.05, 4.69) is 27.2 Å². The molecule has 0 aliphatic rings. The molecular weight excluding hydrogens is 230 g/mol. The van der Waals surface area contributed by atoms with Crippen molar-refractivity contribution in [2.45, 2.75) is 13.1 Å². The summed E-state index contributed by atoms with van der Waals surface area (Å²) in [4.78, 5) is 0. The molecule has 8 heteroatoms. The van der Waals surface area contributed by atoms with Crippen LogP contribution in [0.15, 0.2) is 25.0 Å². The topological polar surface area (TPSA) is 87.4 Å². The van der Waals surface area contributed by atoms with E-state index >= 15 is 0 Å². The van der Waals surface area contributed by atoms with Gasteiger partial charge in [0.1, 0.15) is 6.54 Å². The summed E-state index contributed by atoms with van der Waals surface area (Å²) in [6.07, 6.45) is 5.05. The minimum Gasteiger partial charge on any atom is -0.396 e. The number of rotatable bonds is 4. The van der Waals surface area contributed by atoms with Crippen molar-refractivity contribution in [2.75, 3.05) is 5.73 Å². The number of anilines is 1. The molecule has 0 radical (unpaired) electrons. The van der Waals surface area contributed by atoms with E-state index in [9.17, 15) is 0 Å². The first kappa shape index (κ1) is 12.2. The Morgan fingerprint density at radius 3 is 2.94 bits per heavy atom. The second kappa shape index (κ2) is 5.26. The molecule has 0 fully saturated rings. The number of nitrogens with zero attached hydrogens (tertiary/aromatic N) is 6. The third-order valence-corrected chi connectivity index (χ3v) is 1.86. The molecular formula is C8H12ClN7. The van der Waals surface area contributed by atoms with E-state index in [0.717, 1.165) is 5.82 Å². The van der Waals surface area contributed by atoms with Crippen LogP contribution >= 0.6 is 12.4 Å². The number of nitrogens with two attached hydrogens (primary N) is 1. The van der Waals surface area contributed by atoms with Gasteiger partial charge in [-0.15, -0.1) is 24.1 Å². The van der Waals surface area contributed by atoms with Crippen molar-refractivity contribution in [1.82, 2.24) is 30.0 Å². The predicted octanol–water partition coefficient (Wildman–Crippen LogP) is 0.108. The lowest BCUT2D eigenvalue weighted by Crippen LogP contribution is -2.09. The maximum absolute atomic E-state index is 5.55. The average molecular weight is 242 g/mol. The Hall–Kier alpha value is -1.89. The van der Waals surface area contributed by atoms with Gasteiger partial charge in [-0.2, -0.15) is 5.10 Å². The molecule has 0 atom stereocenters. The highest BCUT2D eigenvalue weighted by Crippen LogP contribution is 2.01. The van der Waals surface area contributed by atoms with E-state index in [1.807, 2.05) is 0 Å². The normalized spacial score (nSPS) is 9.75. The highest BCUT2D eigenvalue weighted by molar-refractivity contribution is 5.85. The number of allylic oxidation sites excluding steroid dienone is 1. The Morgan fingerprint density at radius 1 is 1.50 bits per heavy atom. The van der Waals surface area contributed by atoms with Gasteiger partial charge in [0.25, 0.3) is 0 Å². The third kappa shape index (κ3) is 2.57. The molecule has 0 amide bonds. The van der Waals surface area contributed by atoms with Crippen molar-refractivity contribution in [3.63, 3.8) is 0 Å². The maximum atomic E-state index is 5.55. The molecule has 0 saturated heterocycles. The maximum Gasteiger partial charge on any atom is 0.173 e. The van der Waals surface area contributed by atoms with Gasteiger partial charge < -0.3 is 5.73 Å². The lowest BCUT2D eigenvalue weighted by Gasteiger charge is -2.00. The molecule has 2 heterocycles. The van der Waals surface area contributed by atoms with Gasteiger partial charge in [-0.05, 0) is 10.4 Å². The van der Waals surface area contributed by atoms with E-state index in [0.29, 0.717) is 18.8 Å². The van der Waals surface area contributed by atoms with Crippen LogP contribution in [-0.4, -0.2) is 30.0 Å². The van der Waals surface area contributed by atoms with E-state index in [4.69, 9.17) is 5.73 Å². The van der Waals surface area contributed by atoms with Crippen molar-refractivity contribution < 1.29 is 0 Å². The van der Waals surface area contributed by atoms with E-state index in [1.54, 1.807) is 27.8 Å². The molecule has 0 aliphatic carbocycles. The Morgan fingerprint density at radius 2 is 2.31 bits per heavy atom. The Kier molecular flexibility index (Phi) is 4.01. The fourth-order valence-electron chi connectivity index (χ4n) is 1.21. The first-order valence-electron chi connectivity index (χ1n) is 4.43. The summed E-state index contributed by atoms with van der Waals surface area (Å²) in [5.74, 6) is 0.720. The van der Waals surface area contributed by atoms with Crippen LogP contribution in [0.5, 0.6) is 0 Å². The van der Waals surface area contributed by atoms with Gasteiger partial charge in [0.05, 0.1) is 18.4 Å². The third-order valence-electron chi connectivity index (χ3n) is 1.86. The Labute approximate surface area is 98.3 Å². The van der Waals surface area contributed by atoms with Gasteiger partial charge in [-0.25, -0.2) is 4.68 Å². The zero-order valence-electron chi connectivity index (χ0n) is 8.52.